The van der Waals surface area contributed by atoms with Gasteiger partial charge in [0.1, 0.15) is 6.04 Å². The Morgan fingerprint density at radius 2 is 1.96 bits per heavy atom. The average Bonchev–Trinajstić information content (AvgIpc) is 2.92. The first-order valence-electron chi connectivity index (χ1n) is 8.78. The molecule has 1 N–H and O–H groups in total. The SMILES string of the molecule is CCCC(C(=O)Nc1ccc(C)cc1C)N1Cc2ccccc2C1=O. The predicted octanol–water partition coefficient (Wildman–Crippen LogP) is 4.07. The summed E-state index contributed by atoms with van der Waals surface area (Å²) < 4.78 is 0. The lowest BCUT2D eigenvalue weighted by Crippen LogP contribution is -2.44. The summed E-state index contributed by atoms with van der Waals surface area (Å²) in [5, 5.41) is 3.01. The molecule has 1 aliphatic heterocycles. The van der Waals surface area contributed by atoms with Crippen molar-refractivity contribution in [3.05, 3.63) is 64.7 Å². The Balaban J connectivity index is 1.82. The van der Waals surface area contributed by atoms with Gasteiger partial charge in [0.2, 0.25) is 5.91 Å². The van der Waals surface area contributed by atoms with Crippen LogP contribution in [0.5, 0.6) is 0 Å². The van der Waals surface area contributed by atoms with E-state index in [4.69, 9.17) is 0 Å². The lowest BCUT2D eigenvalue weighted by atomic mass is 10.1. The van der Waals surface area contributed by atoms with E-state index in [1.807, 2.05) is 63.2 Å². The first kappa shape index (κ1) is 17.2. The van der Waals surface area contributed by atoms with Crippen LogP contribution in [0.15, 0.2) is 42.5 Å². The molecule has 0 saturated heterocycles. The highest BCUT2D eigenvalue weighted by Gasteiger charge is 2.35. The van der Waals surface area contributed by atoms with Gasteiger partial charge in [-0.2, -0.15) is 0 Å². The lowest BCUT2D eigenvalue weighted by Gasteiger charge is -2.27. The van der Waals surface area contributed by atoms with E-state index in [0.29, 0.717) is 18.5 Å². The van der Waals surface area contributed by atoms with Crippen molar-refractivity contribution in [3.8, 4) is 0 Å². The van der Waals surface area contributed by atoms with Gasteiger partial charge in [-0.1, -0.05) is 49.2 Å². The van der Waals surface area contributed by atoms with Crippen molar-refractivity contribution < 1.29 is 9.59 Å². The van der Waals surface area contributed by atoms with Crippen LogP contribution in [0.3, 0.4) is 0 Å². The zero-order chi connectivity index (χ0) is 18.0. The van der Waals surface area contributed by atoms with E-state index < -0.39 is 6.04 Å². The highest BCUT2D eigenvalue weighted by Crippen LogP contribution is 2.27. The number of fused-ring (bicyclic) bond motifs is 1. The number of rotatable bonds is 5. The summed E-state index contributed by atoms with van der Waals surface area (Å²) in [6.07, 6.45) is 1.49. The van der Waals surface area contributed by atoms with Crippen LogP contribution in [0.4, 0.5) is 5.69 Å². The van der Waals surface area contributed by atoms with Gasteiger partial charge in [0.15, 0.2) is 0 Å². The predicted molar refractivity (Wildman–Crippen MR) is 99.6 cm³/mol. The van der Waals surface area contributed by atoms with E-state index in [0.717, 1.165) is 28.8 Å². The van der Waals surface area contributed by atoms with E-state index in [2.05, 4.69) is 5.32 Å². The van der Waals surface area contributed by atoms with Gasteiger partial charge in [0.05, 0.1) is 0 Å². The van der Waals surface area contributed by atoms with E-state index in [9.17, 15) is 9.59 Å². The number of nitrogens with zero attached hydrogens (tertiary/aromatic N) is 1. The largest absolute Gasteiger partial charge is 0.324 e. The molecule has 0 aromatic heterocycles. The summed E-state index contributed by atoms with van der Waals surface area (Å²) in [6.45, 7) is 6.54. The minimum absolute atomic E-state index is 0.0511. The van der Waals surface area contributed by atoms with E-state index in [1.54, 1.807) is 4.90 Å². The minimum atomic E-state index is -0.453. The fraction of sp³-hybridized carbons (Fsp3) is 0.333. The second-order valence-electron chi connectivity index (χ2n) is 6.70. The van der Waals surface area contributed by atoms with Gasteiger partial charge in [-0.05, 0) is 43.5 Å². The fourth-order valence-electron chi connectivity index (χ4n) is 3.40. The van der Waals surface area contributed by atoms with Gasteiger partial charge >= 0.3 is 0 Å². The molecule has 1 heterocycles. The Bertz CT molecular complexity index is 813. The van der Waals surface area contributed by atoms with Crippen LogP contribution < -0.4 is 5.32 Å². The van der Waals surface area contributed by atoms with Crippen LogP contribution in [0.1, 0.15) is 46.8 Å². The molecule has 0 saturated carbocycles. The van der Waals surface area contributed by atoms with Crippen LogP contribution in [-0.2, 0) is 11.3 Å². The maximum atomic E-state index is 12.9. The minimum Gasteiger partial charge on any atom is -0.324 e. The molecule has 130 valence electrons. The zero-order valence-electron chi connectivity index (χ0n) is 15.0. The molecule has 0 fully saturated rings. The van der Waals surface area contributed by atoms with Crippen LogP contribution in [-0.4, -0.2) is 22.8 Å². The molecule has 0 radical (unpaired) electrons. The van der Waals surface area contributed by atoms with Crippen LogP contribution in [0, 0.1) is 13.8 Å². The number of benzene rings is 2. The summed E-state index contributed by atoms with van der Waals surface area (Å²) in [4.78, 5) is 27.3. The van der Waals surface area contributed by atoms with E-state index >= 15 is 0 Å². The third-order valence-corrected chi connectivity index (χ3v) is 4.73. The van der Waals surface area contributed by atoms with Crippen molar-refractivity contribution in [2.75, 3.05) is 5.32 Å². The van der Waals surface area contributed by atoms with Crippen molar-refractivity contribution in [1.29, 1.82) is 0 Å². The standard InChI is InChI=1S/C21H24N2O2/c1-4-7-19(20(24)22-18-11-10-14(2)12-15(18)3)23-13-16-8-5-6-9-17(16)21(23)25/h5-6,8-12,19H,4,7,13H2,1-3H3,(H,22,24). The molecular formula is C21H24N2O2. The molecule has 0 spiro atoms. The van der Waals surface area contributed by atoms with E-state index in [-0.39, 0.29) is 11.8 Å². The summed E-state index contributed by atoms with van der Waals surface area (Å²) >= 11 is 0. The Morgan fingerprint density at radius 3 is 2.64 bits per heavy atom. The molecule has 2 amide bonds. The summed E-state index contributed by atoms with van der Waals surface area (Å²) in [5.74, 6) is -0.167. The second kappa shape index (κ2) is 7.09. The molecular weight excluding hydrogens is 312 g/mol. The van der Waals surface area contributed by atoms with Crippen molar-refractivity contribution >= 4 is 17.5 Å². The Labute approximate surface area is 148 Å². The van der Waals surface area contributed by atoms with Gasteiger partial charge in [0.25, 0.3) is 5.91 Å². The maximum absolute atomic E-state index is 12.9. The van der Waals surface area contributed by atoms with Crippen LogP contribution in [0.25, 0.3) is 0 Å². The van der Waals surface area contributed by atoms with Gasteiger partial charge in [-0.25, -0.2) is 0 Å². The normalized spacial score (nSPS) is 14.4. The Morgan fingerprint density at radius 1 is 1.20 bits per heavy atom. The molecule has 0 bridgehead atoms. The molecule has 25 heavy (non-hydrogen) atoms. The smallest absolute Gasteiger partial charge is 0.255 e. The van der Waals surface area contributed by atoms with Gasteiger partial charge in [-0.15, -0.1) is 0 Å². The second-order valence-corrected chi connectivity index (χ2v) is 6.70. The molecule has 1 atom stereocenters. The highest BCUT2D eigenvalue weighted by atomic mass is 16.2. The molecule has 3 rings (SSSR count). The molecule has 0 aliphatic carbocycles. The number of anilines is 1. The third kappa shape index (κ3) is 3.43. The number of hydrogen-bond acceptors (Lipinski definition) is 2. The fourth-order valence-corrected chi connectivity index (χ4v) is 3.40. The topological polar surface area (TPSA) is 49.4 Å². The third-order valence-electron chi connectivity index (χ3n) is 4.73. The Kier molecular flexibility index (Phi) is 4.88. The van der Waals surface area contributed by atoms with E-state index in [1.165, 1.54) is 0 Å². The maximum Gasteiger partial charge on any atom is 0.255 e. The van der Waals surface area contributed by atoms with Crippen LogP contribution >= 0.6 is 0 Å². The number of hydrogen-bond donors (Lipinski definition) is 1. The monoisotopic (exact) mass is 336 g/mol. The average molecular weight is 336 g/mol. The van der Waals surface area contributed by atoms with Crippen molar-refractivity contribution in [2.24, 2.45) is 0 Å². The molecule has 2 aromatic carbocycles. The zero-order valence-corrected chi connectivity index (χ0v) is 15.0. The molecule has 4 nitrogen and oxygen atoms in total. The highest BCUT2D eigenvalue weighted by molar-refractivity contribution is 6.03. The van der Waals surface area contributed by atoms with Crippen molar-refractivity contribution in [2.45, 2.75) is 46.2 Å². The first-order chi connectivity index (χ1) is 12.0. The molecule has 1 unspecified atom stereocenters. The number of carbonyl (C=O) groups is 2. The quantitative estimate of drug-likeness (QED) is 0.895. The van der Waals surface area contributed by atoms with Gasteiger partial charge < -0.3 is 10.2 Å². The number of aryl methyl sites for hydroxylation is 2. The first-order valence-corrected chi connectivity index (χ1v) is 8.78. The molecule has 4 heteroatoms. The van der Waals surface area contributed by atoms with Crippen molar-refractivity contribution in [1.82, 2.24) is 4.90 Å². The number of amides is 2. The number of nitrogens with one attached hydrogen (secondary N) is 1. The Hall–Kier alpha value is -2.62. The van der Waals surface area contributed by atoms with Crippen molar-refractivity contribution in [3.63, 3.8) is 0 Å². The summed E-state index contributed by atoms with van der Waals surface area (Å²) in [5.41, 5.74) is 4.70. The summed E-state index contributed by atoms with van der Waals surface area (Å²) in [6, 6.07) is 13.1. The van der Waals surface area contributed by atoms with Crippen LogP contribution in [0.2, 0.25) is 0 Å². The number of carbonyl (C=O) groups excluding carboxylic acids is 2. The van der Waals surface area contributed by atoms with Gasteiger partial charge in [0, 0.05) is 17.8 Å². The summed E-state index contributed by atoms with van der Waals surface area (Å²) in [7, 11) is 0. The molecule has 2 aromatic rings. The lowest BCUT2D eigenvalue weighted by molar-refractivity contribution is -0.120. The van der Waals surface area contributed by atoms with Gasteiger partial charge in [-0.3, -0.25) is 9.59 Å². The molecule has 1 aliphatic rings.